The highest BCUT2D eigenvalue weighted by atomic mass is 16.4. The molecule has 1 saturated heterocycles. The van der Waals surface area contributed by atoms with Gasteiger partial charge in [0, 0.05) is 13.0 Å². The molecule has 0 aromatic rings. The molecule has 0 radical (unpaired) electrons. The second-order valence-electron chi connectivity index (χ2n) is 4.02. The van der Waals surface area contributed by atoms with Crippen molar-refractivity contribution < 1.29 is 24.6 Å². The maximum absolute atomic E-state index is 11.6. The Hall–Kier alpha value is -1.63. The van der Waals surface area contributed by atoms with Crippen molar-refractivity contribution in [3.63, 3.8) is 0 Å². The Kier molecular flexibility index (Phi) is 4.89. The van der Waals surface area contributed by atoms with Gasteiger partial charge >= 0.3 is 11.9 Å². The van der Waals surface area contributed by atoms with Crippen molar-refractivity contribution in [2.45, 2.75) is 25.3 Å². The fourth-order valence-corrected chi connectivity index (χ4v) is 1.69. The van der Waals surface area contributed by atoms with Gasteiger partial charge < -0.3 is 20.8 Å². The number of carbonyl (C=O) groups is 3. The smallest absolute Gasteiger partial charge is 0.326 e. The first-order valence-electron chi connectivity index (χ1n) is 5.46. The number of amides is 1. The second kappa shape index (κ2) is 6.19. The Morgan fingerprint density at radius 3 is 2.53 bits per heavy atom. The first-order chi connectivity index (χ1) is 8.00. The Balaban J connectivity index is 2.44. The molecule has 7 heteroatoms. The van der Waals surface area contributed by atoms with Gasteiger partial charge in [0.15, 0.2) is 0 Å². The summed E-state index contributed by atoms with van der Waals surface area (Å²) in [5.41, 5.74) is 0. The van der Waals surface area contributed by atoms with Crippen molar-refractivity contribution in [2.24, 2.45) is 5.92 Å². The number of nitrogens with one attached hydrogen (secondary N) is 2. The summed E-state index contributed by atoms with van der Waals surface area (Å²) in [6.07, 6.45) is 0.299. The highest BCUT2D eigenvalue weighted by molar-refractivity contribution is 5.85. The lowest BCUT2D eigenvalue weighted by Gasteiger charge is -2.16. The second-order valence-corrected chi connectivity index (χ2v) is 4.02. The van der Waals surface area contributed by atoms with Crippen LogP contribution < -0.4 is 10.6 Å². The third-order valence-corrected chi connectivity index (χ3v) is 2.69. The van der Waals surface area contributed by atoms with Gasteiger partial charge in [-0.15, -0.1) is 0 Å². The predicted molar refractivity (Wildman–Crippen MR) is 57.4 cm³/mol. The standard InChI is InChI=1S/C10H16N2O5/c13-8(14)2-1-7(10(16)17)12-9(15)6-3-4-11-5-6/h6-7,11H,1-5H2,(H,12,15)(H,13,14)(H,16,17)/t6?,7-/m0/s1. The van der Waals surface area contributed by atoms with Gasteiger partial charge in [-0.25, -0.2) is 4.79 Å². The molecule has 4 N–H and O–H groups in total. The van der Waals surface area contributed by atoms with Gasteiger partial charge in [0.2, 0.25) is 5.91 Å². The monoisotopic (exact) mass is 244 g/mol. The fourth-order valence-electron chi connectivity index (χ4n) is 1.69. The fraction of sp³-hybridized carbons (Fsp3) is 0.700. The van der Waals surface area contributed by atoms with Crippen LogP contribution in [0.25, 0.3) is 0 Å². The van der Waals surface area contributed by atoms with Crippen molar-refractivity contribution in [1.29, 1.82) is 0 Å². The zero-order valence-corrected chi connectivity index (χ0v) is 9.31. The van der Waals surface area contributed by atoms with Crippen LogP contribution in [-0.2, 0) is 14.4 Å². The zero-order valence-electron chi connectivity index (χ0n) is 9.31. The minimum atomic E-state index is -1.20. The molecule has 1 amide bonds. The Morgan fingerprint density at radius 2 is 2.06 bits per heavy atom. The maximum Gasteiger partial charge on any atom is 0.326 e. The lowest BCUT2D eigenvalue weighted by molar-refractivity contribution is -0.143. The summed E-state index contributed by atoms with van der Waals surface area (Å²) in [5, 5.41) is 22.7. The van der Waals surface area contributed by atoms with Crippen molar-refractivity contribution >= 4 is 17.8 Å². The maximum atomic E-state index is 11.6. The molecule has 1 unspecified atom stereocenters. The van der Waals surface area contributed by atoms with Crippen LogP contribution >= 0.6 is 0 Å². The molecule has 1 aliphatic rings. The molecule has 0 aromatic heterocycles. The van der Waals surface area contributed by atoms with Crippen LogP contribution in [0.2, 0.25) is 0 Å². The molecule has 1 fully saturated rings. The molecule has 0 aromatic carbocycles. The third-order valence-electron chi connectivity index (χ3n) is 2.69. The Labute approximate surface area is 98.2 Å². The van der Waals surface area contributed by atoms with E-state index in [-0.39, 0.29) is 24.7 Å². The summed E-state index contributed by atoms with van der Waals surface area (Å²) >= 11 is 0. The van der Waals surface area contributed by atoms with Gasteiger partial charge in [0.1, 0.15) is 6.04 Å². The van der Waals surface area contributed by atoms with Crippen LogP contribution in [0.4, 0.5) is 0 Å². The first kappa shape index (κ1) is 13.4. The average Bonchev–Trinajstić information content (AvgIpc) is 2.76. The van der Waals surface area contributed by atoms with E-state index in [9.17, 15) is 14.4 Å². The number of carbonyl (C=O) groups excluding carboxylic acids is 1. The van der Waals surface area contributed by atoms with Gasteiger partial charge in [-0.05, 0) is 19.4 Å². The lowest BCUT2D eigenvalue weighted by Crippen LogP contribution is -2.44. The number of carboxylic acid groups (broad SMARTS) is 2. The van der Waals surface area contributed by atoms with E-state index in [0.717, 1.165) is 6.54 Å². The summed E-state index contributed by atoms with van der Waals surface area (Å²) in [5.74, 6) is -2.83. The summed E-state index contributed by atoms with van der Waals surface area (Å²) in [6, 6.07) is -1.13. The topological polar surface area (TPSA) is 116 Å². The van der Waals surface area contributed by atoms with Crippen molar-refractivity contribution in [2.75, 3.05) is 13.1 Å². The number of hydrogen-bond donors (Lipinski definition) is 4. The van der Waals surface area contributed by atoms with E-state index in [2.05, 4.69) is 10.6 Å². The minimum absolute atomic E-state index is 0.101. The Morgan fingerprint density at radius 1 is 1.35 bits per heavy atom. The summed E-state index contributed by atoms with van der Waals surface area (Å²) < 4.78 is 0. The normalized spacial score (nSPS) is 20.8. The lowest BCUT2D eigenvalue weighted by atomic mass is 10.1. The third kappa shape index (κ3) is 4.39. The summed E-state index contributed by atoms with van der Waals surface area (Å²) in [6.45, 7) is 1.28. The van der Waals surface area contributed by atoms with Gasteiger partial charge in [-0.2, -0.15) is 0 Å². The van der Waals surface area contributed by atoms with E-state index in [1.165, 1.54) is 0 Å². The molecule has 1 aliphatic heterocycles. The van der Waals surface area contributed by atoms with Crippen LogP contribution in [0.15, 0.2) is 0 Å². The molecule has 1 rings (SSSR count). The number of aliphatic carboxylic acids is 2. The van der Waals surface area contributed by atoms with Crippen molar-refractivity contribution in [3.8, 4) is 0 Å². The number of rotatable bonds is 6. The summed E-state index contributed by atoms with van der Waals surface area (Å²) in [4.78, 5) is 32.8. The van der Waals surface area contributed by atoms with Crippen LogP contribution in [0.5, 0.6) is 0 Å². The first-order valence-corrected chi connectivity index (χ1v) is 5.46. The molecular weight excluding hydrogens is 228 g/mol. The minimum Gasteiger partial charge on any atom is -0.481 e. The molecule has 17 heavy (non-hydrogen) atoms. The van der Waals surface area contributed by atoms with E-state index in [4.69, 9.17) is 10.2 Å². The van der Waals surface area contributed by atoms with E-state index in [1.807, 2.05) is 0 Å². The molecule has 0 aliphatic carbocycles. The Bertz CT molecular complexity index is 312. The van der Waals surface area contributed by atoms with Crippen LogP contribution in [0.3, 0.4) is 0 Å². The van der Waals surface area contributed by atoms with Crippen LogP contribution in [0.1, 0.15) is 19.3 Å². The van der Waals surface area contributed by atoms with Crippen LogP contribution in [0, 0.1) is 5.92 Å². The van der Waals surface area contributed by atoms with E-state index >= 15 is 0 Å². The van der Waals surface area contributed by atoms with Gasteiger partial charge in [0.25, 0.3) is 0 Å². The van der Waals surface area contributed by atoms with Gasteiger partial charge in [-0.3, -0.25) is 9.59 Å². The quantitative estimate of drug-likeness (QED) is 0.478. The number of hydrogen-bond acceptors (Lipinski definition) is 4. The van der Waals surface area contributed by atoms with Crippen molar-refractivity contribution in [1.82, 2.24) is 10.6 Å². The highest BCUT2D eigenvalue weighted by Gasteiger charge is 2.27. The van der Waals surface area contributed by atoms with Crippen LogP contribution in [-0.4, -0.2) is 47.2 Å². The largest absolute Gasteiger partial charge is 0.481 e. The molecule has 0 spiro atoms. The molecule has 96 valence electrons. The van der Waals surface area contributed by atoms with E-state index in [1.54, 1.807) is 0 Å². The van der Waals surface area contributed by atoms with E-state index in [0.29, 0.717) is 13.0 Å². The number of carboxylic acids is 2. The average molecular weight is 244 g/mol. The van der Waals surface area contributed by atoms with Crippen molar-refractivity contribution in [3.05, 3.63) is 0 Å². The molecule has 0 bridgehead atoms. The molecule has 0 saturated carbocycles. The van der Waals surface area contributed by atoms with Gasteiger partial charge in [-0.1, -0.05) is 0 Å². The molecule has 7 nitrogen and oxygen atoms in total. The molecule has 2 atom stereocenters. The SMILES string of the molecule is O=C(O)CC[C@H](NC(=O)C1CCNC1)C(=O)O. The zero-order chi connectivity index (χ0) is 12.8. The van der Waals surface area contributed by atoms with E-state index < -0.39 is 18.0 Å². The highest BCUT2D eigenvalue weighted by Crippen LogP contribution is 2.08. The summed E-state index contributed by atoms with van der Waals surface area (Å²) in [7, 11) is 0. The van der Waals surface area contributed by atoms with Gasteiger partial charge in [0.05, 0.1) is 5.92 Å². The predicted octanol–water partition coefficient (Wildman–Crippen LogP) is -0.970. The molecular formula is C10H16N2O5. The molecule has 1 heterocycles.